The number of carbonyl (C=O) groups is 1. The molecule has 1 fully saturated rings. The fraction of sp³-hybridized carbons (Fsp3) is 0.923. The van der Waals surface area contributed by atoms with Crippen LogP contribution < -0.4 is 5.73 Å². The molecule has 1 amide bonds. The van der Waals surface area contributed by atoms with Crippen molar-refractivity contribution in [3.8, 4) is 0 Å². The molecule has 3 N–H and O–H groups in total. The van der Waals surface area contributed by atoms with E-state index in [0.717, 1.165) is 32.4 Å². The van der Waals surface area contributed by atoms with E-state index >= 15 is 0 Å². The molecule has 1 atom stereocenters. The number of hydrogen-bond acceptors (Lipinski definition) is 4. The highest BCUT2D eigenvalue weighted by atomic mass is 16.5. The number of aliphatic hydroxyl groups is 1. The third kappa shape index (κ3) is 5.33. The molecule has 0 bridgehead atoms. The van der Waals surface area contributed by atoms with Gasteiger partial charge in [0, 0.05) is 19.5 Å². The number of likely N-dealkylation sites (tertiary alicyclic amines) is 1. The van der Waals surface area contributed by atoms with Gasteiger partial charge in [0.15, 0.2) is 0 Å². The first-order valence-corrected chi connectivity index (χ1v) is 6.87. The lowest BCUT2D eigenvalue weighted by Crippen LogP contribution is -2.41. The van der Waals surface area contributed by atoms with Gasteiger partial charge in [0.05, 0.1) is 19.3 Å². The van der Waals surface area contributed by atoms with Crippen LogP contribution in [0.25, 0.3) is 0 Å². The first-order valence-electron chi connectivity index (χ1n) is 6.87. The number of aliphatic hydroxyl groups excluding tert-OH is 1. The van der Waals surface area contributed by atoms with E-state index in [9.17, 15) is 4.79 Å². The lowest BCUT2D eigenvalue weighted by molar-refractivity contribution is -0.134. The van der Waals surface area contributed by atoms with Gasteiger partial charge in [-0.25, -0.2) is 0 Å². The molecule has 1 heterocycles. The predicted octanol–water partition coefficient (Wildman–Crippen LogP) is 0.361. The summed E-state index contributed by atoms with van der Waals surface area (Å²) in [5, 5.41) is 8.68. The number of amides is 1. The zero-order valence-electron chi connectivity index (χ0n) is 11.3. The first-order chi connectivity index (χ1) is 8.67. The van der Waals surface area contributed by atoms with Gasteiger partial charge in [0.25, 0.3) is 0 Å². The van der Waals surface area contributed by atoms with Crippen LogP contribution in [-0.2, 0) is 9.53 Å². The molecule has 0 aliphatic carbocycles. The predicted molar refractivity (Wildman–Crippen MR) is 70.1 cm³/mol. The highest BCUT2D eigenvalue weighted by molar-refractivity contribution is 5.76. The number of nitrogens with two attached hydrogens (primary N) is 1. The summed E-state index contributed by atoms with van der Waals surface area (Å²) in [5.41, 5.74) is 5.54. The smallest absolute Gasteiger partial charge is 0.222 e. The molecule has 0 aromatic rings. The Labute approximate surface area is 109 Å². The Morgan fingerprint density at radius 3 is 2.72 bits per heavy atom. The van der Waals surface area contributed by atoms with Crippen LogP contribution >= 0.6 is 0 Å². The molecule has 0 aromatic heterocycles. The van der Waals surface area contributed by atoms with Crippen LogP contribution in [0.1, 0.15) is 32.6 Å². The molecule has 1 aliphatic rings. The summed E-state index contributed by atoms with van der Waals surface area (Å²) in [5.74, 6) is 0.648. The van der Waals surface area contributed by atoms with Crippen LogP contribution in [0.5, 0.6) is 0 Å². The summed E-state index contributed by atoms with van der Waals surface area (Å²) in [6, 6.07) is 0. The molecular weight excluding hydrogens is 232 g/mol. The van der Waals surface area contributed by atoms with Crippen LogP contribution in [0.3, 0.4) is 0 Å². The van der Waals surface area contributed by atoms with E-state index in [4.69, 9.17) is 15.6 Å². The maximum absolute atomic E-state index is 11.9. The summed E-state index contributed by atoms with van der Waals surface area (Å²) in [7, 11) is 0. The molecule has 1 unspecified atom stereocenters. The topological polar surface area (TPSA) is 75.8 Å². The highest BCUT2D eigenvalue weighted by Crippen LogP contribution is 2.15. The molecular formula is C13H26N2O3. The second-order valence-corrected chi connectivity index (χ2v) is 5.05. The van der Waals surface area contributed by atoms with Crippen LogP contribution in [0.4, 0.5) is 0 Å². The third-order valence-corrected chi connectivity index (χ3v) is 3.49. The van der Waals surface area contributed by atoms with Crippen LogP contribution in [0.15, 0.2) is 0 Å². The third-order valence-electron chi connectivity index (χ3n) is 3.49. The van der Waals surface area contributed by atoms with Crippen molar-refractivity contribution in [2.75, 3.05) is 32.8 Å². The molecule has 5 nitrogen and oxygen atoms in total. The SMILES string of the molecule is CC(CN)CCC(=O)N1CCC(OCCO)CC1. The molecule has 1 saturated heterocycles. The van der Waals surface area contributed by atoms with Gasteiger partial charge in [0.2, 0.25) is 5.91 Å². The summed E-state index contributed by atoms with van der Waals surface area (Å²) in [6.45, 7) is 4.72. The summed E-state index contributed by atoms with van der Waals surface area (Å²) in [6.07, 6.45) is 3.41. The van der Waals surface area contributed by atoms with E-state index in [0.29, 0.717) is 25.5 Å². The van der Waals surface area contributed by atoms with Gasteiger partial charge in [-0.3, -0.25) is 4.79 Å². The van der Waals surface area contributed by atoms with Crippen molar-refractivity contribution in [3.05, 3.63) is 0 Å². The Balaban J connectivity index is 2.19. The van der Waals surface area contributed by atoms with Crippen molar-refractivity contribution in [2.24, 2.45) is 11.7 Å². The van der Waals surface area contributed by atoms with Crippen molar-refractivity contribution in [3.63, 3.8) is 0 Å². The number of nitrogens with zero attached hydrogens (tertiary/aromatic N) is 1. The van der Waals surface area contributed by atoms with E-state index in [1.807, 2.05) is 4.90 Å². The second-order valence-electron chi connectivity index (χ2n) is 5.05. The lowest BCUT2D eigenvalue weighted by atomic mass is 10.0. The minimum atomic E-state index is 0.0656. The standard InChI is InChI=1S/C13H26N2O3/c1-11(10-14)2-3-13(17)15-6-4-12(5-7-15)18-9-8-16/h11-12,16H,2-10,14H2,1H3. The molecule has 1 rings (SSSR count). The van der Waals surface area contributed by atoms with E-state index in [1.165, 1.54) is 0 Å². The minimum absolute atomic E-state index is 0.0656. The molecule has 106 valence electrons. The van der Waals surface area contributed by atoms with Crippen molar-refractivity contribution in [1.82, 2.24) is 4.90 Å². The molecule has 0 aromatic carbocycles. The number of piperidine rings is 1. The molecule has 0 radical (unpaired) electrons. The van der Waals surface area contributed by atoms with Crippen LogP contribution in [0, 0.1) is 5.92 Å². The van der Waals surface area contributed by atoms with Gasteiger partial charge < -0.3 is 20.5 Å². The fourth-order valence-corrected chi connectivity index (χ4v) is 2.14. The molecule has 5 heteroatoms. The number of hydrogen-bond donors (Lipinski definition) is 2. The van der Waals surface area contributed by atoms with Crippen molar-refractivity contribution < 1.29 is 14.6 Å². The zero-order chi connectivity index (χ0) is 13.4. The van der Waals surface area contributed by atoms with Crippen molar-refractivity contribution in [1.29, 1.82) is 0 Å². The number of ether oxygens (including phenoxy) is 1. The Bertz CT molecular complexity index is 240. The van der Waals surface area contributed by atoms with Crippen LogP contribution in [-0.4, -0.2) is 54.9 Å². The van der Waals surface area contributed by atoms with Gasteiger partial charge in [-0.2, -0.15) is 0 Å². The van der Waals surface area contributed by atoms with Crippen LogP contribution in [0.2, 0.25) is 0 Å². The zero-order valence-corrected chi connectivity index (χ0v) is 11.3. The lowest BCUT2D eigenvalue weighted by Gasteiger charge is -2.32. The van der Waals surface area contributed by atoms with E-state index in [-0.39, 0.29) is 18.6 Å². The van der Waals surface area contributed by atoms with Gasteiger partial charge in [-0.1, -0.05) is 6.92 Å². The maximum atomic E-state index is 11.9. The molecule has 1 aliphatic heterocycles. The summed E-state index contributed by atoms with van der Waals surface area (Å²) >= 11 is 0. The first kappa shape index (κ1) is 15.4. The molecule has 0 spiro atoms. The number of rotatable bonds is 7. The fourth-order valence-electron chi connectivity index (χ4n) is 2.14. The maximum Gasteiger partial charge on any atom is 0.222 e. The summed E-state index contributed by atoms with van der Waals surface area (Å²) in [4.78, 5) is 13.9. The van der Waals surface area contributed by atoms with E-state index < -0.39 is 0 Å². The van der Waals surface area contributed by atoms with E-state index in [1.54, 1.807) is 0 Å². The average Bonchev–Trinajstić information content (AvgIpc) is 2.42. The Hall–Kier alpha value is -0.650. The monoisotopic (exact) mass is 258 g/mol. The minimum Gasteiger partial charge on any atom is -0.394 e. The van der Waals surface area contributed by atoms with Gasteiger partial charge in [0.1, 0.15) is 0 Å². The number of carbonyl (C=O) groups excluding carboxylic acids is 1. The average molecular weight is 258 g/mol. The van der Waals surface area contributed by atoms with E-state index in [2.05, 4.69) is 6.92 Å². The highest BCUT2D eigenvalue weighted by Gasteiger charge is 2.22. The quantitative estimate of drug-likeness (QED) is 0.691. The Morgan fingerprint density at radius 1 is 1.50 bits per heavy atom. The molecule has 18 heavy (non-hydrogen) atoms. The van der Waals surface area contributed by atoms with Crippen molar-refractivity contribution in [2.45, 2.75) is 38.7 Å². The van der Waals surface area contributed by atoms with Gasteiger partial charge in [-0.15, -0.1) is 0 Å². The second kappa shape index (κ2) is 8.45. The normalized spacial score (nSPS) is 18.9. The largest absolute Gasteiger partial charge is 0.394 e. The Morgan fingerprint density at radius 2 is 2.17 bits per heavy atom. The van der Waals surface area contributed by atoms with Gasteiger partial charge in [-0.05, 0) is 31.7 Å². The van der Waals surface area contributed by atoms with Gasteiger partial charge >= 0.3 is 0 Å². The Kier molecular flexibility index (Phi) is 7.23. The van der Waals surface area contributed by atoms with Crippen molar-refractivity contribution >= 4 is 5.91 Å². The summed E-state index contributed by atoms with van der Waals surface area (Å²) < 4.78 is 5.47. The molecule has 0 saturated carbocycles.